The second kappa shape index (κ2) is 6.55. The van der Waals surface area contributed by atoms with Gasteiger partial charge in [-0.3, -0.25) is 4.79 Å². The van der Waals surface area contributed by atoms with Gasteiger partial charge in [0, 0.05) is 29.2 Å². The summed E-state index contributed by atoms with van der Waals surface area (Å²) < 4.78 is 2.25. The van der Waals surface area contributed by atoms with E-state index in [1.165, 1.54) is 31.2 Å². The number of hydrogen-bond acceptors (Lipinski definition) is 1. The van der Waals surface area contributed by atoms with Gasteiger partial charge in [-0.2, -0.15) is 0 Å². The first-order valence-corrected chi connectivity index (χ1v) is 7.33. The van der Waals surface area contributed by atoms with E-state index < -0.39 is 0 Å². The minimum atomic E-state index is 0.704. The fourth-order valence-corrected chi connectivity index (χ4v) is 2.72. The highest BCUT2D eigenvalue weighted by molar-refractivity contribution is 5.97. The van der Waals surface area contributed by atoms with Crippen molar-refractivity contribution in [1.82, 2.24) is 4.57 Å². The molecule has 1 aromatic carbocycles. The third kappa shape index (κ3) is 3.06. The number of aldehydes is 1. The zero-order chi connectivity index (χ0) is 13.7. The average molecular weight is 257 g/mol. The summed E-state index contributed by atoms with van der Waals surface area (Å²) >= 11 is 0. The van der Waals surface area contributed by atoms with Crippen molar-refractivity contribution in [3.05, 3.63) is 36.0 Å². The molecule has 19 heavy (non-hydrogen) atoms. The van der Waals surface area contributed by atoms with Gasteiger partial charge in [-0.15, -0.1) is 0 Å². The number of fused-ring (bicyclic) bond motifs is 1. The topological polar surface area (TPSA) is 22.0 Å². The summed E-state index contributed by atoms with van der Waals surface area (Å²) in [6, 6.07) is 8.17. The molecule has 0 saturated carbocycles. The molecule has 0 aliphatic rings. The molecule has 1 unspecified atom stereocenters. The van der Waals surface area contributed by atoms with Crippen LogP contribution in [0.1, 0.15) is 49.9 Å². The van der Waals surface area contributed by atoms with Crippen molar-refractivity contribution in [3.63, 3.8) is 0 Å². The van der Waals surface area contributed by atoms with Gasteiger partial charge in [0.25, 0.3) is 0 Å². The Labute approximate surface area is 115 Å². The van der Waals surface area contributed by atoms with Gasteiger partial charge >= 0.3 is 0 Å². The first-order chi connectivity index (χ1) is 9.30. The first kappa shape index (κ1) is 13.9. The van der Waals surface area contributed by atoms with Crippen LogP contribution in [-0.2, 0) is 6.54 Å². The van der Waals surface area contributed by atoms with Crippen molar-refractivity contribution in [2.45, 2.75) is 46.1 Å². The van der Waals surface area contributed by atoms with E-state index >= 15 is 0 Å². The summed E-state index contributed by atoms with van der Waals surface area (Å²) in [7, 11) is 0. The van der Waals surface area contributed by atoms with Crippen LogP contribution in [0.15, 0.2) is 30.5 Å². The number of carbonyl (C=O) groups excluding carboxylic acids is 1. The van der Waals surface area contributed by atoms with Crippen molar-refractivity contribution >= 4 is 17.2 Å². The Morgan fingerprint density at radius 3 is 2.74 bits per heavy atom. The Hall–Kier alpha value is -1.57. The fraction of sp³-hybridized carbons (Fsp3) is 0.471. The molecule has 0 saturated heterocycles. The molecule has 2 heteroatoms. The maximum atomic E-state index is 11.1. The fourth-order valence-electron chi connectivity index (χ4n) is 2.72. The normalized spacial score (nSPS) is 12.7. The minimum Gasteiger partial charge on any atom is -0.346 e. The van der Waals surface area contributed by atoms with Gasteiger partial charge in [0.1, 0.15) is 0 Å². The van der Waals surface area contributed by atoms with Crippen LogP contribution < -0.4 is 0 Å². The molecule has 2 aromatic rings. The lowest BCUT2D eigenvalue weighted by atomic mass is 9.99. The maximum absolute atomic E-state index is 11.1. The number of para-hydroxylation sites is 1. The van der Waals surface area contributed by atoms with Crippen LogP contribution in [0.3, 0.4) is 0 Å². The summed E-state index contributed by atoms with van der Waals surface area (Å²) in [5, 5.41) is 1.07. The number of aromatic nitrogens is 1. The average Bonchev–Trinajstić information content (AvgIpc) is 2.81. The molecule has 1 heterocycles. The summed E-state index contributed by atoms with van der Waals surface area (Å²) in [6.07, 6.45) is 7.98. The van der Waals surface area contributed by atoms with Gasteiger partial charge in [0.2, 0.25) is 0 Å². The van der Waals surface area contributed by atoms with Crippen LogP contribution >= 0.6 is 0 Å². The molecule has 0 spiro atoms. The van der Waals surface area contributed by atoms with Crippen molar-refractivity contribution in [1.29, 1.82) is 0 Å². The molecular weight excluding hydrogens is 234 g/mol. The van der Waals surface area contributed by atoms with E-state index in [0.717, 1.165) is 23.8 Å². The van der Waals surface area contributed by atoms with E-state index in [-0.39, 0.29) is 0 Å². The number of nitrogens with zero attached hydrogens (tertiary/aromatic N) is 1. The SMILES string of the molecule is CCCCC(CC)Cn1cc(C=O)c2ccccc21. The van der Waals surface area contributed by atoms with Crippen molar-refractivity contribution < 1.29 is 4.79 Å². The maximum Gasteiger partial charge on any atom is 0.152 e. The largest absolute Gasteiger partial charge is 0.346 e. The van der Waals surface area contributed by atoms with Crippen LogP contribution in [0.5, 0.6) is 0 Å². The standard InChI is InChI=1S/C17H23NO/c1-3-5-8-14(4-2)11-18-12-15(13-19)16-9-6-7-10-17(16)18/h6-7,9-10,12-14H,3-5,8,11H2,1-2H3. The highest BCUT2D eigenvalue weighted by Crippen LogP contribution is 2.23. The lowest BCUT2D eigenvalue weighted by molar-refractivity contribution is 0.112. The molecule has 0 radical (unpaired) electrons. The highest BCUT2D eigenvalue weighted by Gasteiger charge is 2.11. The Morgan fingerprint density at radius 2 is 2.05 bits per heavy atom. The van der Waals surface area contributed by atoms with Gasteiger partial charge in [0.15, 0.2) is 6.29 Å². The van der Waals surface area contributed by atoms with Gasteiger partial charge in [0.05, 0.1) is 0 Å². The predicted octanol–water partition coefficient (Wildman–Crippen LogP) is 4.67. The molecule has 0 N–H and O–H groups in total. The van der Waals surface area contributed by atoms with Gasteiger partial charge in [-0.05, 0) is 18.4 Å². The molecule has 1 aromatic heterocycles. The molecule has 2 nitrogen and oxygen atoms in total. The third-order valence-electron chi connectivity index (χ3n) is 3.94. The van der Waals surface area contributed by atoms with E-state index in [4.69, 9.17) is 0 Å². The van der Waals surface area contributed by atoms with Gasteiger partial charge in [-0.1, -0.05) is 51.3 Å². The molecule has 0 aliphatic carbocycles. The second-order valence-electron chi connectivity index (χ2n) is 5.29. The Kier molecular flexibility index (Phi) is 4.78. The molecule has 102 valence electrons. The van der Waals surface area contributed by atoms with Gasteiger partial charge in [-0.25, -0.2) is 0 Å². The molecule has 2 rings (SSSR count). The molecular formula is C17H23NO. The molecule has 0 amide bonds. The van der Waals surface area contributed by atoms with Crippen LogP contribution in [0, 0.1) is 5.92 Å². The number of benzene rings is 1. The van der Waals surface area contributed by atoms with E-state index in [0.29, 0.717) is 5.92 Å². The number of unbranched alkanes of at least 4 members (excludes halogenated alkanes) is 1. The number of rotatable bonds is 7. The lowest BCUT2D eigenvalue weighted by Gasteiger charge is -2.16. The smallest absolute Gasteiger partial charge is 0.152 e. The lowest BCUT2D eigenvalue weighted by Crippen LogP contribution is -2.09. The van der Waals surface area contributed by atoms with Crippen LogP contribution in [0.2, 0.25) is 0 Å². The molecule has 0 aliphatic heterocycles. The van der Waals surface area contributed by atoms with Crippen molar-refractivity contribution in [2.75, 3.05) is 0 Å². The quantitative estimate of drug-likeness (QED) is 0.661. The van der Waals surface area contributed by atoms with E-state index in [1.54, 1.807) is 0 Å². The minimum absolute atomic E-state index is 0.704. The zero-order valence-corrected chi connectivity index (χ0v) is 11.9. The second-order valence-corrected chi connectivity index (χ2v) is 5.29. The zero-order valence-electron chi connectivity index (χ0n) is 11.9. The highest BCUT2D eigenvalue weighted by atomic mass is 16.1. The van der Waals surface area contributed by atoms with E-state index in [1.807, 2.05) is 24.4 Å². The summed E-state index contributed by atoms with van der Waals surface area (Å²) in [6.45, 7) is 5.51. The molecule has 1 atom stereocenters. The van der Waals surface area contributed by atoms with Crippen molar-refractivity contribution in [2.24, 2.45) is 5.92 Å². The Balaban J connectivity index is 2.26. The predicted molar refractivity (Wildman–Crippen MR) is 80.6 cm³/mol. The van der Waals surface area contributed by atoms with Crippen LogP contribution in [0.25, 0.3) is 10.9 Å². The number of carbonyl (C=O) groups is 1. The van der Waals surface area contributed by atoms with E-state index in [9.17, 15) is 4.79 Å². The summed E-state index contributed by atoms with van der Waals surface area (Å²) in [5.74, 6) is 0.704. The Bertz CT molecular complexity index is 541. The third-order valence-corrected chi connectivity index (χ3v) is 3.94. The first-order valence-electron chi connectivity index (χ1n) is 7.33. The summed E-state index contributed by atoms with van der Waals surface area (Å²) in [5.41, 5.74) is 1.99. The molecule has 0 bridgehead atoms. The monoisotopic (exact) mass is 257 g/mol. The van der Waals surface area contributed by atoms with Gasteiger partial charge < -0.3 is 4.57 Å². The van der Waals surface area contributed by atoms with E-state index in [2.05, 4.69) is 24.5 Å². The molecule has 0 fully saturated rings. The van der Waals surface area contributed by atoms with Crippen LogP contribution in [0.4, 0.5) is 0 Å². The summed E-state index contributed by atoms with van der Waals surface area (Å²) in [4.78, 5) is 11.1. The van der Waals surface area contributed by atoms with Crippen molar-refractivity contribution in [3.8, 4) is 0 Å². The van der Waals surface area contributed by atoms with Crippen LogP contribution in [-0.4, -0.2) is 10.9 Å². The Morgan fingerprint density at radius 1 is 1.26 bits per heavy atom. The number of hydrogen-bond donors (Lipinski definition) is 0.